The van der Waals surface area contributed by atoms with Gasteiger partial charge in [-0.15, -0.1) is 0 Å². The van der Waals surface area contributed by atoms with Crippen molar-refractivity contribution in [3.05, 3.63) is 144 Å². The van der Waals surface area contributed by atoms with Crippen molar-refractivity contribution in [3.63, 3.8) is 0 Å². The van der Waals surface area contributed by atoms with Crippen LogP contribution in [0.4, 0.5) is 4.79 Å². The summed E-state index contributed by atoms with van der Waals surface area (Å²) >= 11 is 0. The third kappa shape index (κ3) is 7.43. The summed E-state index contributed by atoms with van der Waals surface area (Å²) in [6.45, 7) is 4.96. The van der Waals surface area contributed by atoms with Crippen LogP contribution in [0.15, 0.2) is 122 Å². The fourth-order valence-corrected chi connectivity index (χ4v) is 8.12. The second-order valence-electron chi connectivity index (χ2n) is 14.5. The fraction of sp³-hybridized carbons (Fsp3) is 0.273. The molecule has 0 unspecified atom stereocenters. The van der Waals surface area contributed by atoms with Crippen LogP contribution in [0, 0.1) is 0 Å². The molecule has 6 aromatic rings. The second kappa shape index (κ2) is 15.5. The highest BCUT2D eigenvalue weighted by Crippen LogP contribution is 2.36. The molecule has 10 heteroatoms. The molecule has 8 rings (SSSR count). The Morgan fingerprint density at radius 1 is 0.704 bits per heavy atom. The molecule has 274 valence electrons. The van der Waals surface area contributed by atoms with Gasteiger partial charge in [-0.25, -0.2) is 14.8 Å². The summed E-state index contributed by atoms with van der Waals surface area (Å²) in [6, 6.07) is 35.7. The topological polar surface area (TPSA) is 130 Å². The van der Waals surface area contributed by atoms with Gasteiger partial charge in [-0.1, -0.05) is 116 Å². The van der Waals surface area contributed by atoms with Crippen LogP contribution in [0.5, 0.6) is 0 Å². The molecule has 4 heterocycles. The van der Waals surface area contributed by atoms with E-state index in [-0.39, 0.29) is 11.9 Å². The molecule has 2 aliphatic rings. The number of nitrogens with zero attached hydrogens (tertiary/aromatic N) is 4. The number of aromatic amines is 2. The first-order valence-corrected chi connectivity index (χ1v) is 18.9. The minimum atomic E-state index is -1.24. The molecule has 4 aromatic carbocycles. The Bertz CT molecular complexity index is 2180. The van der Waals surface area contributed by atoms with Crippen molar-refractivity contribution in [1.29, 1.82) is 0 Å². The van der Waals surface area contributed by atoms with Crippen LogP contribution < -0.4 is 5.32 Å². The fourth-order valence-electron chi connectivity index (χ4n) is 8.12. The minimum Gasteiger partial charge on any atom is -0.465 e. The lowest BCUT2D eigenvalue weighted by atomic mass is 10.0. The predicted molar refractivity (Wildman–Crippen MR) is 209 cm³/mol. The van der Waals surface area contributed by atoms with Crippen molar-refractivity contribution >= 4 is 12.0 Å². The second-order valence-corrected chi connectivity index (χ2v) is 14.5. The number of rotatable bonds is 11. The van der Waals surface area contributed by atoms with Gasteiger partial charge in [-0.2, -0.15) is 0 Å². The number of nitrogens with one attached hydrogen (secondary N) is 3. The van der Waals surface area contributed by atoms with E-state index in [0.717, 1.165) is 71.8 Å². The monoisotopic (exact) mass is 719 g/mol. The molecule has 0 aliphatic carbocycles. The average Bonchev–Trinajstić information content (AvgIpc) is 4.05. The van der Waals surface area contributed by atoms with Gasteiger partial charge in [-0.05, 0) is 71.5 Å². The highest BCUT2D eigenvalue weighted by Gasteiger charge is 2.37. The van der Waals surface area contributed by atoms with Gasteiger partial charge < -0.3 is 25.3 Å². The lowest BCUT2D eigenvalue weighted by molar-refractivity contribution is -0.134. The van der Waals surface area contributed by atoms with Crippen molar-refractivity contribution in [2.45, 2.75) is 56.7 Å². The highest BCUT2D eigenvalue weighted by molar-refractivity contribution is 5.87. The van der Waals surface area contributed by atoms with Gasteiger partial charge in [0.15, 0.2) is 0 Å². The molecule has 10 nitrogen and oxygen atoms in total. The smallest absolute Gasteiger partial charge is 0.405 e. The Hall–Kier alpha value is -6.00. The van der Waals surface area contributed by atoms with Gasteiger partial charge >= 0.3 is 6.09 Å². The van der Waals surface area contributed by atoms with E-state index in [1.54, 1.807) is 35.4 Å². The van der Waals surface area contributed by atoms with Crippen LogP contribution >= 0.6 is 0 Å². The summed E-state index contributed by atoms with van der Waals surface area (Å²) in [7, 11) is 0. The molecule has 0 spiro atoms. The first-order valence-electron chi connectivity index (χ1n) is 18.9. The summed E-state index contributed by atoms with van der Waals surface area (Å²) in [6.07, 6.45) is 6.38. The molecular weight excluding hydrogens is 675 g/mol. The maximum absolute atomic E-state index is 13.7. The van der Waals surface area contributed by atoms with Gasteiger partial charge in [0.2, 0.25) is 0 Å². The molecule has 2 saturated heterocycles. The third-order valence-corrected chi connectivity index (χ3v) is 11.0. The lowest BCUT2D eigenvalue weighted by Gasteiger charge is -2.28. The van der Waals surface area contributed by atoms with Gasteiger partial charge in [-0.3, -0.25) is 9.69 Å². The van der Waals surface area contributed by atoms with Crippen molar-refractivity contribution in [2.75, 3.05) is 19.6 Å². The van der Waals surface area contributed by atoms with E-state index >= 15 is 0 Å². The first-order chi connectivity index (χ1) is 26.4. The zero-order chi connectivity index (χ0) is 37.0. The van der Waals surface area contributed by atoms with Gasteiger partial charge in [0.1, 0.15) is 17.7 Å². The van der Waals surface area contributed by atoms with Crippen LogP contribution in [-0.2, 0) is 4.79 Å². The molecule has 0 saturated carbocycles. The summed E-state index contributed by atoms with van der Waals surface area (Å²) < 4.78 is 0. The minimum absolute atomic E-state index is 0.266. The Labute approximate surface area is 315 Å². The summed E-state index contributed by atoms with van der Waals surface area (Å²) in [5, 5.41) is 11.9. The van der Waals surface area contributed by atoms with E-state index in [1.807, 2.05) is 12.3 Å². The van der Waals surface area contributed by atoms with Crippen molar-refractivity contribution in [2.24, 2.45) is 0 Å². The summed E-state index contributed by atoms with van der Waals surface area (Å²) in [4.78, 5) is 46.2. The average molecular weight is 720 g/mol. The van der Waals surface area contributed by atoms with Crippen molar-refractivity contribution in [3.8, 4) is 33.6 Å². The van der Waals surface area contributed by atoms with Crippen LogP contribution in [-0.4, -0.2) is 66.5 Å². The standard InChI is InChI=1S/C44H45N7O3/c1-29(30-10-4-2-5-11-30)28-50-24-8-14-38(50)41-45-26-36(47-41)33-20-16-31(17-21-33)32-18-22-34(23-19-32)37-27-46-42(48-37)39-15-9-25-51(39)43(52)40(49-44(53)54)35-12-6-3-7-13-35/h2-7,10-13,16-23,26-27,29,38-40,49H,8-9,14-15,24-25,28H2,1H3,(H,45,47)(H,46,48)(H,53,54)/t29-,38-,39-,40+/m0/s1. The molecule has 0 bridgehead atoms. The molecule has 2 fully saturated rings. The van der Waals surface area contributed by atoms with Crippen molar-refractivity contribution in [1.82, 2.24) is 35.1 Å². The SMILES string of the molecule is C[C@@H](CN1CCC[C@H]1c1ncc(-c2ccc(-c3ccc(-c4cnc([C@@H]5CCCN5C(=O)[C@H](NC(=O)O)c5ccccc5)[nH]4)cc3)cc2)[nH]1)c1ccccc1. The largest absolute Gasteiger partial charge is 0.465 e. The highest BCUT2D eigenvalue weighted by atomic mass is 16.4. The van der Waals surface area contributed by atoms with Gasteiger partial charge in [0.05, 0.1) is 35.9 Å². The zero-order valence-corrected chi connectivity index (χ0v) is 30.4. The number of carbonyl (C=O) groups is 2. The summed E-state index contributed by atoms with van der Waals surface area (Å²) in [5.74, 6) is 1.92. The molecule has 4 N–H and O–H groups in total. The van der Waals surface area contributed by atoms with E-state index < -0.39 is 12.1 Å². The number of aromatic nitrogens is 4. The molecular formula is C44H45N7O3. The van der Waals surface area contributed by atoms with Crippen LogP contribution in [0.25, 0.3) is 33.6 Å². The number of amides is 2. The summed E-state index contributed by atoms with van der Waals surface area (Å²) in [5.41, 5.74) is 8.20. The van der Waals surface area contributed by atoms with E-state index in [9.17, 15) is 14.7 Å². The number of benzene rings is 4. The van der Waals surface area contributed by atoms with E-state index in [4.69, 9.17) is 4.98 Å². The number of hydrogen-bond donors (Lipinski definition) is 4. The van der Waals surface area contributed by atoms with Gasteiger partial charge in [0.25, 0.3) is 5.91 Å². The van der Waals surface area contributed by atoms with E-state index in [0.29, 0.717) is 29.9 Å². The molecule has 0 radical (unpaired) electrons. The molecule has 2 amide bonds. The predicted octanol–water partition coefficient (Wildman–Crippen LogP) is 8.75. The Morgan fingerprint density at radius 2 is 1.20 bits per heavy atom. The van der Waals surface area contributed by atoms with Crippen LogP contribution in [0.3, 0.4) is 0 Å². The molecule has 4 atom stereocenters. The van der Waals surface area contributed by atoms with E-state index in [2.05, 4.69) is 111 Å². The zero-order valence-electron chi connectivity index (χ0n) is 30.4. The Balaban J connectivity index is 0.917. The number of likely N-dealkylation sites (tertiary alicyclic amines) is 2. The lowest BCUT2D eigenvalue weighted by Crippen LogP contribution is -2.42. The quantitative estimate of drug-likeness (QED) is 0.106. The molecule has 2 aliphatic heterocycles. The number of carbonyl (C=O) groups excluding carboxylic acids is 1. The van der Waals surface area contributed by atoms with Gasteiger partial charge in [0, 0.05) is 13.1 Å². The third-order valence-electron chi connectivity index (χ3n) is 11.0. The maximum atomic E-state index is 13.7. The number of H-pyrrole nitrogens is 2. The number of imidazole rings is 2. The van der Waals surface area contributed by atoms with Crippen LogP contribution in [0.1, 0.15) is 79.4 Å². The maximum Gasteiger partial charge on any atom is 0.405 e. The number of carboxylic acid groups (broad SMARTS) is 1. The number of hydrogen-bond acceptors (Lipinski definition) is 5. The molecule has 54 heavy (non-hydrogen) atoms. The first kappa shape index (κ1) is 35.1. The Morgan fingerprint density at radius 3 is 1.78 bits per heavy atom. The van der Waals surface area contributed by atoms with E-state index in [1.165, 1.54) is 12.0 Å². The Kier molecular flexibility index (Phi) is 10.1. The normalized spacial score (nSPS) is 18.4. The van der Waals surface area contributed by atoms with Crippen LogP contribution in [0.2, 0.25) is 0 Å². The van der Waals surface area contributed by atoms with Crippen molar-refractivity contribution < 1.29 is 14.7 Å². The molecule has 2 aromatic heterocycles.